The Hall–Kier alpha value is -2.13. The highest BCUT2D eigenvalue weighted by atomic mass is 79.9. The zero-order chi connectivity index (χ0) is 13.7. The molecule has 0 amide bonds. The Morgan fingerprint density at radius 2 is 1.89 bits per heavy atom. The van der Waals surface area contributed by atoms with Crippen LogP contribution in [0.25, 0.3) is 0 Å². The summed E-state index contributed by atoms with van der Waals surface area (Å²) in [5.74, 6) is 1.42. The quantitative estimate of drug-likeness (QED) is 0.905. The number of aromatic nitrogens is 2. The molecular weight excluding hydrogens is 306 g/mol. The van der Waals surface area contributed by atoms with Gasteiger partial charge in [-0.15, -0.1) is 0 Å². The van der Waals surface area contributed by atoms with Crippen LogP contribution in [0.2, 0.25) is 0 Å². The second-order valence-electron chi connectivity index (χ2n) is 3.73. The van der Waals surface area contributed by atoms with Crippen molar-refractivity contribution in [3.63, 3.8) is 0 Å². The number of hydrogen-bond donors (Lipinski definition) is 2. The Kier molecular flexibility index (Phi) is 4.31. The van der Waals surface area contributed by atoms with E-state index in [-0.39, 0.29) is 0 Å². The van der Waals surface area contributed by atoms with Crippen molar-refractivity contribution in [2.45, 2.75) is 6.92 Å². The third-order valence-electron chi connectivity index (χ3n) is 2.41. The van der Waals surface area contributed by atoms with E-state index in [1.807, 2.05) is 19.1 Å². The van der Waals surface area contributed by atoms with Crippen molar-refractivity contribution in [1.29, 1.82) is 5.26 Å². The first-order valence-corrected chi connectivity index (χ1v) is 6.55. The standard InChI is InChI=1S/C13H12BrN5/c1-2-16-12-11(14)13(18-8-17-12)19-10-5-3-9(7-15)4-6-10/h3-6,8H,2H2,1H3,(H2,16,17,18,19). The topological polar surface area (TPSA) is 73.6 Å². The van der Waals surface area contributed by atoms with E-state index in [1.165, 1.54) is 6.33 Å². The number of nitrogens with zero attached hydrogens (tertiary/aromatic N) is 3. The fraction of sp³-hybridized carbons (Fsp3) is 0.154. The van der Waals surface area contributed by atoms with E-state index in [0.29, 0.717) is 11.4 Å². The van der Waals surface area contributed by atoms with E-state index in [0.717, 1.165) is 22.5 Å². The van der Waals surface area contributed by atoms with E-state index in [9.17, 15) is 0 Å². The van der Waals surface area contributed by atoms with Crippen molar-refractivity contribution in [1.82, 2.24) is 9.97 Å². The van der Waals surface area contributed by atoms with Crippen molar-refractivity contribution in [3.05, 3.63) is 40.6 Å². The van der Waals surface area contributed by atoms with Crippen LogP contribution >= 0.6 is 15.9 Å². The van der Waals surface area contributed by atoms with Crippen LogP contribution in [0.4, 0.5) is 17.3 Å². The molecule has 5 nitrogen and oxygen atoms in total. The summed E-state index contributed by atoms with van der Waals surface area (Å²) < 4.78 is 0.779. The molecule has 2 aromatic rings. The summed E-state index contributed by atoms with van der Waals surface area (Å²) in [5.41, 5.74) is 1.49. The first-order chi connectivity index (χ1) is 9.24. The third kappa shape index (κ3) is 3.20. The monoisotopic (exact) mass is 317 g/mol. The summed E-state index contributed by atoms with van der Waals surface area (Å²) in [4.78, 5) is 8.33. The molecule has 0 fully saturated rings. The van der Waals surface area contributed by atoms with Crippen LogP contribution in [0.3, 0.4) is 0 Å². The van der Waals surface area contributed by atoms with Gasteiger partial charge in [-0.3, -0.25) is 0 Å². The van der Waals surface area contributed by atoms with Crippen molar-refractivity contribution < 1.29 is 0 Å². The minimum atomic E-state index is 0.626. The molecule has 1 heterocycles. The van der Waals surface area contributed by atoms with Gasteiger partial charge in [-0.25, -0.2) is 9.97 Å². The van der Waals surface area contributed by atoms with E-state index >= 15 is 0 Å². The van der Waals surface area contributed by atoms with Crippen molar-refractivity contribution in [3.8, 4) is 6.07 Å². The summed E-state index contributed by atoms with van der Waals surface area (Å²) >= 11 is 3.47. The summed E-state index contributed by atoms with van der Waals surface area (Å²) in [6, 6.07) is 9.25. The van der Waals surface area contributed by atoms with Gasteiger partial charge in [0.2, 0.25) is 0 Å². The van der Waals surface area contributed by atoms with Gasteiger partial charge in [0.15, 0.2) is 0 Å². The first-order valence-electron chi connectivity index (χ1n) is 5.76. The Labute approximate surface area is 119 Å². The van der Waals surface area contributed by atoms with E-state index < -0.39 is 0 Å². The van der Waals surface area contributed by atoms with Gasteiger partial charge in [0.1, 0.15) is 22.4 Å². The second-order valence-corrected chi connectivity index (χ2v) is 4.52. The molecule has 0 aliphatic rings. The lowest BCUT2D eigenvalue weighted by Gasteiger charge is -2.10. The lowest BCUT2D eigenvalue weighted by molar-refractivity contribution is 1.10. The van der Waals surface area contributed by atoms with Gasteiger partial charge in [0.05, 0.1) is 11.6 Å². The molecule has 0 atom stereocenters. The van der Waals surface area contributed by atoms with E-state index in [1.54, 1.807) is 12.1 Å². The molecule has 19 heavy (non-hydrogen) atoms. The van der Waals surface area contributed by atoms with Crippen LogP contribution in [0.5, 0.6) is 0 Å². The van der Waals surface area contributed by atoms with Crippen molar-refractivity contribution in [2.24, 2.45) is 0 Å². The zero-order valence-electron chi connectivity index (χ0n) is 10.3. The highest BCUT2D eigenvalue weighted by Gasteiger charge is 2.08. The maximum atomic E-state index is 8.75. The van der Waals surface area contributed by atoms with Crippen LogP contribution in [0, 0.1) is 11.3 Å². The van der Waals surface area contributed by atoms with Crippen molar-refractivity contribution in [2.75, 3.05) is 17.2 Å². The Bertz CT molecular complexity index is 603. The highest BCUT2D eigenvalue weighted by Crippen LogP contribution is 2.28. The molecule has 1 aromatic carbocycles. The lowest BCUT2D eigenvalue weighted by atomic mass is 10.2. The SMILES string of the molecule is CCNc1ncnc(Nc2ccc(C#N)cc2)c1Br. The van der Waals surface area contributed by atoms with E-state index in [4.69, 9.17) is 5.26 Å². The average Bonchev–Trinajstić information content (AvgIpc) is 2.44. The predicted molar refractivity (Wildman–Crippen MR) is 78.3 cm³/mol. The summed E-state index contributed by atoms with van der Waals surface area (Å²) in [6.07, 6.45) is 1.49. The maximum Gasteiger partial charge on any atom is 0.150 e. The van der Waals surface area contributed by atoms with E-state index in [2.05, 4.69) is 42.6 Å². The van der Waals surface area contributed by atoms with Gasteiger partial charge in [-0.2, -0.15) is 5.26 Å². The molecule has 0 bridgehead atoms. The minimum Gasteiger partial charge on any atom is -0.369 e. The van der Waals surface area contributed by atoms with Crippen LogP contribution in [0.1, 0.15) is 12.5 Å². The molecule has 0 spiro atoms. The number of nitrogens with one attached hydrogen (secondary N) is 2. The van der Waals surface area contributed by atoms with Crippen LogP contribution in [-0.2, 0) is 0 Å². The van der Waals surface area contributed by atoms with Crippen LogP contribution in [-0.4, -0.2) is 16.5 Å². The second kappa shape index (κ2) is 6.16. The number of halogens is 1. The molecule has 0 saturated carbocycles. The van der Waals surface area contributed by atoms with Gasteiger partial charge in [0.25, 0.3) is 0 Å². The van der Waals surface area contributed by atoms with Gasteiger partial charge in [-0.1, -0.05) is 0 Å². The number of nitriles is 1. The number of benzene rings is 1. The molecule has 0 radical (unpaired) electrons. The third-order valence-corrected chi connectivity index (χ3v) is 3.16. The summed E-state index contributed by atoms with van der Waals surface area (Å²) in [5, 5.41) is 15.1. The molecular formula is C13H12BrN5. The van der Waals surface area contributed by atoms with Crippen LogP contribution in [0.15, 0.2) is 35.1 Å². The van der Waals surface area contributed by atoms with Gasteiger partial charge in [-0.05, 0) is 47.1 Å². The Balaban J connectivity index is 2.23. The lowest BCUT2D eigenvalue weighted by Crippen LogP contribution is -2.03. The molecule has 0 unspecified atom stereocenters. The van der Waals surface area contributed by atoms with Gasteiger partial charge >= 0.3 is 0 Å². The predicted octanol–water partition coefficient (Wildman–Crippen LogP) is 3.29. The zero-order valence-corrected chi connectivity index (χ0v) is 11.9. The summed E-state index contributed by atoms with van der Waals surface area (Å²) in [7, 11) is 0. The average molecular weight is 318 g/mol. The normalized spacial score (nSPS) is 9.74. The van der Waals surface area contributed by atoms with Gasteiger partial charge in [0, 0.05) is 12.2 Å². The Morgan fingerprint density at radius 3 is 2.53 bits per heavy atom. The molecule has 0 aliphatic heterocycles. The largest absolute Gasteiger partial charge is 0.369 e. The van der Waals surface area contributed by atoms with Crippen LogP contribution < -0.4 is 10.6 Å². The summed E-state index contributed by atoms with van der Waals surface area (Å²) in [6.45, 7) is 2.79. The molecule has 6 heteroatoms. The number of anilines is 3. The number of hydrogen-bond acceptors (Lipinski definition) is 5. The highest BCUT2D eigenvalue weighted by molar-refractivity contribution is 9.10. The molecule has 1 aromatic heterocycles. The molecule has 96 valence electrons. The molecule has 2 rings (SSSR count). The maximum absolute atomic E-state index is 8.75. The fourth-order valence-corrected chi connectivity index (χ4v) is 1.96. The fourth-order valence-electron chi connectivity index (χ4n) is 1.51. The minimum absolute atomic E-state index is 0.626. The first kappa shape index (κ1) is 13.3. The Morgan fingerprint density at radius 1 is 1.21 bits per heavy atom. The molecule has 0 aliphatic carbocycles. The number of rotatable bonds is 4. The smallest absolute Gasteiger partial charge is 0.150 e. The molecule has 2 N–H and O–H groups in total. The van der Waals surface area contributed by atoms with Gasteiger partial charge < -0.3 is 10.6 Å². The molecule has 0 saturated heterocycles. The van der Waals surface area contributed by atoms with Crippen molar-refractivity contribution >= 4 is 33.3 Å².